The van der Waals surface area contributed by atoms with E-state index in [2.05, 4.69) is 59.1 Å². The van der Waals surface area contributed by atoms with Crippen molar-refractivity contribution in [1.29, 1.82) is 0 Å². The van der Waals surface area contributed by atoms with Gasteiger partial charge < -0.3 is 4.90 Å². The zero-order valence-electron chi connectivity index (χ0n) is 14.2. The van der Waals surface area contributed by atoms with Crippen LogP contribution in [-0.2, 0) is 13.0 Å². The number of anilines is 1. The number of fused-ring (bicyclic) bond motifs is 1. The van der Waals surface area contributed by atoms with E-state index >= 15 is 0 Å². The second kappa shape index (κ2) is 7.35. The molecule has 3 aromatic heterocycles. The second-order valence-electron chi connectivity index (χ2n) is 6.20. The number of rotatable bonds is 4. The van der Waals surface area contributed by atoms with Crippen LogP contribution in [0.1, 0.15) is 17.6 Å². The molecule has 1 aliphatic heterocycles. The lowest BCUT2D eigenvalue weighted by Gasteiger charge is -2.36. The summed E-state index contributed by atoms with van der Waals surface area (Å²) in [5, 5.41) is 3.43. The smallest absolute Gasteiger partial charge is 0.112 e. The van der Waals surface area contributed by atoms with Crippen LogP contribution in [0.15, 0.2) is 34.4 Å². The third-order valence-electron chi connectivity index (χ3n) is 4.52. The van der Waals surface area contributed by atoms with Gasteiger partial charge in [0.15, 0.2) is 0 Å². The quantitative estimate of drug-likeness (QED) is 0.646. The molecular formula is C18H20BrN5S. The predicted molar refractivity (Wildman–Crippen MR) is 106 cm³/mol. The average molecular weight is 418 g/mol. The summed E-state index contributed by atoms with van der Waals surface area (Å²) >= 11 is 5.24. The minimum absolute atomic E-state index is 0.934. The molecular weight excluding hydrogens is 398 g/mol. The third-order valence-corrected chi connectivity index (χ3v) is 6.00. The van der Waals surface area contributed by atoms with Gasteiger partial charge >= 0.3 is 0 Å². The van der Waals surface area contributed by atoms with Gasteiger partial charge in [0.2, 0.25) is 0 Å². The number of pyridine rings is 2. The average Bonchev–Trinajstić information content (AvgIpc) is 3.09. The molecule has 0 aliphatic carbocycles. The number of halogens is 1. The summed E-state index contributed by atoms with van der Waals surface area (Å²) in [7, 11) is 0. The summed E-state index contributed by atoms with van der Waals surface area (Å²) in [4.78, 5) is 18.6. The Balaban J connectivity index is 1.45. The van der Waals surface area contributed by atoms with Crippen molar-refractivity contribution < 1.29 is 0 Å². The number of aromatic nitrogens is 3. The number of piperazine rings is 1. The Morgan fingerprint density at radius 3 is 2.80 bits per heavy atom. The van der Waals surface area contributed by atoms with Crippen molar-refractivity contribution >= 4 is 44.0 Å². The number of hydrogen-bond acceptors (Lipinski definition) is 6. The van der Waals surface area contributed by atoms with Crippen molar-refractivity contribution in [2.45, 2.75) is 19.9 Å². The zero-order chi connectivity index (χ0) is 17.2. The third kappa shape index (κ3) is 3.68. The highest BCUT2D eigenvalue weighted by atomic mass is 79.9. The summed E-state index contributed by atoms with van der Waals surface area (Å²) in [5.41, 5.74) is 4.30. The summed E-state index contributed by atoms with van der Waals surface area (Å²) < 4.78 is 0.962. The summed E-state index contributed by atoms with van der Waals surface area (Å²) in [6, 6.07) is 4.10. The molecule has 0 unspecified atom stereocenters. The molecule has 0 bridgehead atoms. The van der Waals surface area contributed by atoms with Crippen LogP contribution in [0.4, 0.5) is 5.69 Å². The Labute approximate surface area is 159 Å². The molecule has 1 saturated heterocycles. The molecule has 0 amide bonds. The van der Waals surface area contributed by atoms with Gasteiger partial charge in [-0.3, -0.25) is 14.9 Å². The number of nitrogens with zero attached hydrogens (tertiary/aromatic N) is 5. The normalized spacial score (nSPS) is 15.8. The molecule has 3 aromatic rings. The van der Waals surface area contributed by atoms with Gasteiger partial charge in [-0.15, -0.1) is 11.3 Å². The highest BCUT2D eigenvalue weighted by Crippen LogP contribution is 2.26. The molecule has 25 heavy (non-hydrogen) atoms. The van der Waals surface area contributed by atoms with E-state index in [9.17, 15) is 0 Å². The van der Waals surface area contributed by atoms with E-state index in [1.807, 2.05) is 18.5 Å². The van der Waals surface area contributed by atoms with Crippen molar-refractivity contribution in [3.8, 4) is 0 Å². The van der Waals surface area contributed by atoms with Gasteiger partial charge in [0.05, 0.1) is 21.9 Å². The molecule has 0 spiro atoms. The fourth-order valence-corrected chi connectivity index (χ4v) is 4.26. The molecule has 5 nitrogen and oxygen atoms in total. The monoisotopic (exact) mass is 417 g/mol. The number of aryl methyl sites for hydroxylation is 1. The SMILES string of the molecule is CCc1nc(CN2CCN(c3ccnc4cc(Br)cnc34)CC2)cs1. The van der Waals surface area contributed by atoms with Crippen LogP contribution in [0, 0.1) is 0 Å². The van der Waals surface area contributed by atoms with E-state index in [0.29, 0.717) is 0 Å². The Hall–Kier alpha value is -1.57. The molecule has 0 saturated carbocycles. The summed E-state index contributed by atoms with van der Waals surface area (Å²) in [6.07, 6.45) is 4.74. The van der Waals surface area contributed by atoms with Gasteiger partial charge in [-0.1, -0.05) is 6.92 Å². The van der Waals surface area contributed by atoms with Gasteiger partial charge in [-0.25, -0.2) is 4.98 Å². The fraction of sp³-hybridized carbons (Fsp3) is 0.389. The van der Waals surface area contributed by atoms with Crippen molar-refractivity contribution in [3.63, 3.8) is 0 Å². The van der Waals surface area contributed by atoms with E-state index in [1.54, 1.807) is 11.3 Å². The molecule has 0 radical (unpaired) electrons. The Morgan fingerprint density at radius 2 is 2.04 bits per heavy atom. The first kappa shape index (κ1) is 16.9. The van der Waals surface area contributed by atoms with Crippen LogP contribution >= 0.6 is 27.3 Å². The maximum absolute atomic E-state index is 4.69. The van der Waals surface area contributed by atoms with Gasteiger partial charge in [0.1, 0.15) is 5.52 Å². The van der Waals surface area contributed by atoms with E-state index in [0.717, 1.165) is 54.7 Å². The largest absolute Gasteiger partial charge is 0.367 e. The fourth-order valence-electron chi connectivity index (χ4n) is 3.21. The van der Waals surface area contributed by atoms with Crippen LogP contribution in [0.2, 0.25) is 0 Å². The lowest BCUT2D eigenvalue weighted by atomic mass is 10.2. The highest BCUT2D eigenvalue weighted by Gasteiger charge is 2.20. The maximum Gasteiger partial charge on any atom is 0.112 e. The predicted octanol–water partition coefficient (Wildman–Crippen LogP) is 3.73. The first-order valence-corrected chi connectivity index (χ1v) is 10.2. The molecule has 4 heterocycles. The first-order chi connectivity index (χ1) is 12.2. The molecule has 0 atom stereocenters. The van der Waals surface area contributed by atoms with E-state index in [4.69, 9.17) is 0 Å². The highest BCUT2D eigenvalue weighted by molar-refractivity contribution is 9.10. The number of thiazole rings is 1. The van der Waals surface area contributed by atoms with E-state index < -0.39 is 0 Å². The summed E-state index contributed by atoms with van der Waals surface area (Å²) in [6.45, 7) is 7.20. The molecule has 7 heteroatoms. The van der Waals surface area contributed by atoms with Crippen molar-refractivity contribution in [2.75, 3.05) is 31.1 Å². The lowest BCUT2D eigenvalue weighted by molar-refractivity contribution is 0.247. The minimum Gasteiger partial charge on any atom is -0.367 e. The number of hydrogen-bond donors (Lipinski definition) is 0. The Morgan fingerprint density at radius 1 is 1.20 bits per heavy atom. The molecule has 130 valence electrons. The van der Waals surface area contributed by atoms with Gasteiger partial charge in [0, 0.05) is 55.0 Å². The minimum atomic E-state index is 0.934. The molecule has 1 fully saturated rings. The second-order valence-corrected chi connectivity index (χ2v) is 8.06. The standard InChI is InChI=1S/C18H20BrN5S/c1-2-17-22-14(12-25-17)11-23-5-7-24(8-6-23)16-3-4-20-15-9-13(19)10-21-18(15)16/h3-4,9-10,12H,2,5-8,11H2,1H3. The van der Waals surface area contributed by atoms with Crippen LogP contribution in [0.3, 0.4) is 0 Å². The van der Waals surface area contributed by atoms with Crippen LogP contribution in [0.5, 0.6) is 0 Å². The van der Waals surface area contributed by atoms with Crippen molar-refractivity contribution in [2.24, 2.45) is 0 Å². The van der Waals surface area contributed by atoms with Crippen LogP contribution < -0.4 is 4.90 Å². The van der Waals surface area contributed by atoms with Crippen LogP contribution in [-0.4, -0.2) is 46.0 Å². The van der Waals surface area contributed by atoms with Gasteiger partial charge in [-0.2, -0.15) is 0 Å². The molecule has 0 N–H and O–H groups in total. The molecule has 0 aromatic carbocycles. The van der Waals surface area contributed by atoms with Gasteiger partial charge in [0.25, 0.3) is 0 Å². The van der Waals surface area contributed by atoms with Crippen LogP contribution in [0.25, 0.3) is 11.0 Å². The maximum atomic E-state index is 4.69. The molecule has 1 aliphatic rings. The first-order valence-electron chi connectivity index (χ1n) is 8.54. The Kier molecular flexibility index (Phi) is 4.96. The topological polar surface area (TPSA) is 45.2 Å². The van der Waals surface area contributed by atoms with Crippen molar-refractivity contribution in [1.82, 2.24) is 19.9 Å². The lowest BCUT2D eigenvalue weighted by Crippen LogP contribution is -2.46. The van der Waals surface area contributed by atoms with E-state index in [1.165, 1.54) is 16.4 Å². The Bertz CT molecular complexity index is 873. The van der Waals surface area contributed by atoms with E-state index in [-0.39, 0.29) is 0 Å². The van der Waals surface area contributed by atoms with Crippen molar-refractivity contribution in [3.05, 3.63) is 45.1 Å². The van der Waals surface area contributed by atoms with Gasteiger partial charge in [-0.05, 0) is 34.5 Å². The zero-order valence-corrected chi connectivity index (χ0v) is 16.6. The summed E-state index contributed by atoms with van der Waals surface area (Å²) in [5.74, 6) is 0. The molecule has 4 rings (SSSR count).